The van der Waals surface area contributed by atoms with Crippen LogP contribution in [0.15, 0.2) is 29.8 Å². The molecule has 0 saturated carbocycles. The lowest BCUT2D eigenvalue weighted by Crippen LogP contribution is -2.30. The van der Waals surface area contributed by atoms with Gasteiger partial charge in [-0.3, -0.25) is 15.0 Å². The molecule has 2 aromatic rings. The smallest absolute Gasteiger partial charge is 0.0889 e. The Hall–Kier alpha value is -2.04. The van der Waals surface area contributed by atoms with Crippen molar-refractivity contribution in [3.8, 4) is 0 Å². The summed E-state index contributed by atoms with van der Waals surface area (Å²) < 4.78 is 40.3. The second-order valence-corrected chi connectivity index (χ2v) is 4.46. The van der Waals surface area contributed by atoms with Gasteiger partial charge in [-0.1, -0.05) is 0 Å². The third kappa shape index (κ3) is 1.27. The SMILES string of the molecule is [2H]c1cnc2cc3c(cc2n1)C1CC3C([2H])([2H])N(N=O)C1([2H])[2H]. The largest absolute Gasteiger partial charge is 0.260 e. The molecule has 0 amide bonds. The normalized spacial score (nSPS) is 34.9. The summed E-state index contributed by atoms with van der Waals surface area (Å²) in [5.74, 6) is -1.34. The van der Waals surface area contributed by atoms with Crippen molar-refractivity contribution in [2.45, 2.75) is 18.3 Å². The maximum absolute atomic E-state index is 11.1. The fraction of sp³-hybridized carbons (Fsp3) is 0.385. The molecule has 1 fully saturated rings. The predicted octanol–water partition coefficient (Wildman–Crippen LogP) is 2.20. The third-order valence-corrected chi connectivity index (χ3v) is 3.49. The first-order chi connectivity index (χ1) is 10.8. The van der Waals surface area contributed by atoms with E-state index in [1.165, 1.54) is 6.20 Å². The Kier molecular flexibility index (Phi) is 1.20. The minimum absolute atomic E-state index is 0.00736. The number of hydrogen-bond donors (Lipinski definition) is 0. The molecule has 5 nitrogen and oxygen atoms in total. The molecule has 1 aromatic carbocycles. The van der Waals surface area contributed by atoms with E-state index in [0.717, 1.165) is 0 Å². The van der Waals surface area contributed by atoms with Crippen LogP contribution in [-0.2, 0) is 0 Å². The molecule has 18 heavy (non-hydrogen) atoms. The summed E-state index contributed by atoms with van der Waals surface area (Å²) in [4.78, 5) is 19.3. The van der Waals surface area contributed by atoms with Gasteiger partial charge < -0.3 is 0 Å². The maximum atomic E-state index is 11.1. The molecule has 5 heteroatoms. The van der Waals surface area contributed by atoms with Crippen molar-refractivity contribution in [2.75, 3.05) is 13.0 Å². The molecular weight excluding hydrogens is 228 g/mol. The molecule has 90 valence electrons. The van der Waals surface area contributed by atoms with Crippen LogP contribution >= 0.6 is 0 Å². The van der Waals surface area contributed by atoms with Crippen LogP contribution in [0.3, 0.4) is 0 Å². The van der Waals surface area contributed by atoms with E-state index in [1.54, 1.807) is 12.1 Å². The number of nitroso groups, excluding NO2 is 1. The molecule has 2 heterocycles. The molecule has 1 aromatic heterocycles. The van der Waals surface area contributed by atoms with Crippen molar-refractivity contribution in [1.82, 2.24) is 15.0 Å². The Morgan fingerprint density at radius 2 is 1.94 bits per heavy atom. The highest BCUT2D eigenvalue weighted by Crippen LogP contribution is 2.46. The molecule has 0 N–H and O–H groups in total. The van der Waals surface area contributed by atoms with E-state index >= 15 is 0 Å². The van der Waals surface area contributed by atoms with Crippen LogP contribution in [0.1, 0.15) is 36.2 Å². The lowest BCUT2D eigenvalue weighted by molar-refractivity contribution is 0.208. The summed E-state index contributed by atoms with van der Waals surface area (Å²) in [6.45, 7) is -4.45. The molecule has 2 bridgehead atoms. The summed E-state index contributed by atoms with van der Waals surface area (Å²) in [6.07, 6.45) is 1.57. The molecular formula is C13H12N4O. The van der Waals surface area contributed by atoms with Gasteiger partial charge in [0.05, 0.1) is 23.2 Å². The van der Waals surface area contributed by atoms with Crippen LogP contribution in [0.2, 0.25) is 0 Å². The van der Waals surface area contributed by atoms with Gasteiger partial charge in [0, 0.05) is 37.2 Å². The molecule has 2 aliphatic rings. The average molecular weight is 245 g/mol. The zero-order valence-corrected chi connectivity index (χ0v) is 9.29. The number of aromatic nitrogens is 2. The number of fused-ring (bicyclic) bond motifs is 6. The van der Waals surface area contributed by atoms with Crippen LogP contribution in [0.25, 0.3) is 11.0 Å². The van der Waals surface area contributed by atoms with Crippen LogP contribution in [-0.4, -0.2) is 28.0 Å². The predicted molar refractivity (Wildman–Crippen MR) is 67.0 cm³/mol. The highest BCUT2D eigenvalue weighted by Gasteiger charge is 2.38. The highest BCUT2D eigenvalue weighted by atomic mass is 16.3. The fourth-order valence-electron chi connectivity index (χ4n) is 2.72. The molecule has 2 atom stereocenters. The van der Waals surface area contributed by atoms with Crippen molar-refractivity contribution in [2.24, 2.45) is 5.29 Å². The van der Waals surface area contributed by atoms with Crippen LogP contribution in [0, 0.1) is 4.91 Å². The van der Waals surface area contributed by atoms with Crippen molar-refractivity contribution in [3.63, 3.8) is 0 Å². The summed E-state index contributed by atoms with van der Waals surface area (Å²) in [5, 5.41) is 3.04. The first-order valence-electron chi connectivity index (χ1n) is 8.17. The van der Waals surface area contributed by atoms with Crippen LogP contribution in [0.5, 0.6) is 0 Å². The Bertz CT molecular complexity index is 842. The van der Waals surface area contributed by atoms with Gasteiger partial charge in [-0.2, -0.15) is 0 Å². The van der Waals surface area contributed by atoms with Gasteiger partial charge in [0.25, 0.3) is 0 Å². The third-order valence-electron chi connectivity index (χ3n) is 3.49. The van der Waals surface area contributed by atoms with E-state index in [0.29, 0.717) is 27.2 Å². The lowest BCUT2D eigenvalue weighted by atomic mass is 9.97. The molecule has 1 saturated heterocycles. The highest BCUT2D eigenvalue weighted by molar-refractivity contribution is 5.77. The Morgan fingerprint density at radius 1 is 1.28 bits per heavy atom. The van der Waals surface area contributed by atoms with Crippen molar-refractivity contribution >= 4 is 11.0 Å². The number of nitrogens with zero attached hydrogens (tertiary/aromatic N) is 4. The summed E-state index contributed by atoms with van der Waals surface area (Å²) >= 11 is 0. The van der Waals surface area contributed by atoms with E-state index in [4.69, 9.17) is 6.85 Å². The molecule has 1 aliphatic carbocycles. The van der Waals surface area contributed by atoms with Crippen molar-refractivity contribution in [3.05, 3.63) is 40.5 Å². The number of hydrogen-bond acceptors (Lipinski definition) is 4. The summed E-state index contributed by atoms with van der Waals surface area (Å²) in [7, 11) is 0. The van der Waals surface area contributed by atoms with Crippen LogP contribution in [0.4, 0.5) is 0 Å². The number of benzene rings is 1. The first-order valence-corrected chi connectivity index (χ1v) is 5.67. The number of piperidine rings is 1. The summed E-state index contributed by atoms with van der Waals surface area (Å²) in [6, 6.07) is 3.34. The molecule has 1 aliphatic heterocycles. The Balaban J connectivity index is 2.00. The zero-order chi connectivity index (χ0) is 16.6. The van der Waals surface area contributed by atoms with E-state index in [1.807, 2.05) is 0 Å². The van der Waals surface area contributed by atoms with Gasteiger partial charge in [0.1, 0.15) is 0 Å². The first kappa shape index (κ1) is 6.22. The monoisotopic (exact) mass is 245 g/mol. The molecule has 0 spiro atoms. The second kappa shape index (κ2) is 3.48. The van der Waals surface area contributed by atoms with E-state index in [2.05, 4.69) is 15.3 Å². The summed E-state index contributed by atoms with van der Waals surface area (Å²) in [5.41, 5.74) is 2.23. The Morgan fingerprint density at radius 3 is 2.61 bits per heavy atom. The quantitative estimate of drug-likeness (QED) is 0.723. The van der Waals surface area contributed by atoms with Gasteiger partial charge in [-0.05, 0) is 29.7 Å². The van der Waals surface area contributed by atoms with E-state index < -0.39 is 24.8 Å². The van der Waals surface area contributed by atoms with Gasteiger partial charge in [-0.15, -0.1) is 4.91 Å². The van der Waals surface area contributed by atoms with Crippen molar-refractivity contribution in [1.29, 1.82) is 0 Å². The average Bonchev–Trinajstić information content (AvgIpc) is 2.82. The van der Waals surface area contributed by atoms with E-state index in [-0.39, 0.29) is 12.6 Å². The fourth-order valence-corrected chi connectivity index (χ4v) is 2.72. The standard InChI is InChI=1S/C13H12N4O/c18-16-17-6-8-3-9(7-17)11-5-13-12(4-10(8)11)14-1-2-15-13/h1-2,4-5,8-9H,3,6-7H2/i1D,6D2,7D2. The lowest BCUT2D eigenvalue weighted by Gasteiger charge is -2.26. The number of rotatable bonds is 1. The topological polar surface area (TPSA) is 58.5 Å². The zero-order valence-electron chi connectivity index (χ0n) is 14.3. The van der Waals surface area contributed by atoms with Gasteiger partial charge in [0.2, 0.25) is 0 Å². The molecule has 0 radical (unpaired) electrons. The minimum Gasteiger partial charge on any atom is -0.260 e. The van der Waals surface area contributed by atoms with Gasteiger partial charge in [0.15, 0.2) is 0 Å². The second-order valence-electron chi connectivity index (χ2n) is 4.46. The minimum atomic E-state index is -2.23. The van der Waals surface area contributed by atoms with Gasteiger partial charge in [-0.25, -0.2) is 0 Å². The van der Waals surface area contributed by atoms with Gasteiger partial charge >= 0.3 is 0 Å². The molecule has 2 unspecified atom stereocenters. The van der Waals surface area contributed by atoms with E-state index in [9.17, 15) is 4.91 Å². The van der Waals surface area contributed by atoms with Crippen LogP contribution < -0.4 is 0 Å². The van der Waals surface area contributed by atoms with Crippen molar-refractivity contribution < 1.29 is 6.85 Å². The Labute approximate surface area is 111 Å². The maximum Gasteiger partial charge on any atom is 0.0889 e. The molecule has 4 rings (SSSR count).